The highest BCUT2D eigenvalue weighted by Gasteiger charge is 2.12. The van der Waals surface area contributed by atoms with E-state index in [0.717, 1.165) is 17.3 Å². The van der Waals surface area contributed by atoms with Gasteiger partial charge in [0, 0.05) is 31.7 Å². The van der Waals surface area contributed by atoms with Crippen molar-refractivity contribution in [2.24, 2.45) is 0 Å². The van der Waals surface area contributed by atoms with Gasteiger partial charge in [0.05, 0.1) is 0 Å². The number of thioether (sulfide) groups is 3. The van der Waals surface area contributed by atoms with Crippen LogP contribution >= 0.6 is 35.3 Å². The normalized spacial score (nSPS) is 10.8. The van der Waals surface area contributed by atoms with Crippen molar-refractivity contribution in [1.82, 2.24) is 0 Å². The standard InChI is InChI=1S/C24H27NS3/c1-4-26-22-13-7-19(8-14-22)25(20-9-15-23(16-10-20)27-5-2)21-11-17-24(18-12-21)28-6-3/h7-18H,4-6H2,1-3H3. The van der Waals surface area contributed by atoms with Crippen LogP contribution < -0.4 is 4.90 Å². The molecule has 0 aliphatic rings. The topological polar surface area (TPSA) is 3.24 Å². The van der Waals surface area contributed by atoms with Crippen molar-refractivity contribution in [3.8, 4) is 0 Å². The summed E-state index contributed by atoms with van der Waals surface area (Å²) < 4.78 is 0. The molecular formula is C24H27NS3. The molecule has 0 atom stereocenters. The Morgan fingerprint density at radius 1 is 0.464 bits per heavy atom. The third-order valence-corrected chi connectivity index (χ3v) is 6.90. The van der Waals surface area contributed by atoms with E-state index in [9.17, 15) is 0 Å². The van der Waals surface area contributed by atoms with Crippen LogP contribution in [-0.2, 0) is 0 Å². The van der Waals surface area contributed by atoms with Gasteiger partial charge in [-0.25, -0.2) is 0 Å². The number of hydrogen-bond acceptors (Lipinski definition) is 4. The van der Waals surface area contributed by atoms with Gasteiger partial charge in [-0.1, -0.05) is 20.8 Å². The fourth-order valence-electron chi connectivity index (χ4n) is 3.02. The lowest BCUT2D eigenvalue weighted by Gasteiger charge is -2.26. The number of anilines is 3. The number of hydrogen-bond donors (Lipinski definition) is 0. The van der Waals surface area contributed by atoms with Gasteiger partial charge in [0.15, 0.2) is 0 Å². The van der Waals surface area contributed by atoms with Crippen LogP contribution in [0.25, 0.3) is 0 Å². The maximum atomic E-state index is 2.33. The summed E-state index contributed by atoms with van der Waals surface area (Å²) in [5.74, 6) is 3.28. The Morgan fingerprint density at radius 3 is 0.929 bits per heavy atom. The molecule has 3 rings (SSSR count). The lowest BCUT2D eigenvalue weighted by atomic mass is 10.2. The van der Waals surface area contributed by atoms with E-state index in [-0.39, 0.29) is 0 Å². The molecule has 0 fully saturated rings. The minimum absolute atomic E-state index is 1.09. The van der Waals surface area contributed by atoms with Crippen molar-refractivity contribution in [3.63, 3.8) is 0 Å². The van der Waals surface area contributed by atoms with Crippen LogP contribution in [0.4, 0.5) is 17.1 Å². The fourth-order valence-corrected chi connectivity index (χ4v) is 5.01. The summed E-state index contributed by atoms with van der Waals surface area (Å²) in [6.45, 7) is 6.57. The quantitative estimate of drug-likeness (QED) is 0.316. The van der Waals surface area contributed by atoms with Crippen molar-refractivity contribution in [1.29, 1.82) is 0 Å². The summed E-state index contributed by atoms with van der Waals surface area (Å²) >= 11 is 5.63. The first-order valence-corrected chi connectivity index (χ1v) is 12.7. The maximum Gasteiger partial charge on any atom is 0.0462 e. The fraction of sp³-hybridized carbons (Fsp3) is 0.250. The molecule has 0 radical (unpaired) electrons. The summed E-state index contributed by atoms with van der Waals surface area (Å²) in [4.78, 5) is 6.28. The van der Waals surface area contributed by atoms with E-state index in [1.807, 2.05) is 35.3 Å². The molecular weight excluding hydrogens is 398 g/mol. The molecule has 0 aliphatic heterocycles. The van der Waals surface area contributed by atoms with E-state index < -0.39 is 0 Å². The molecule has 0 aliphatic carbocycles. The van der Waals surface area contributed by atoms with Crippen LogP contribution in [0, 0.1) is 0 Å². The van der Waals surface area contributed by atoms with Gasteiger partial charge >= 0.3 is 0 Å². The average molecular weight is 426 g/mol. The minimum Gasteiger partial charge on any atom is -0.311 e. The first-order chi connectivity index (χ1) is 13.7. The zero-order valence-corrected chi connectivity index (χ0v) is 19.2. The molecule has 3 aromatic carbocycles. The third kappa shape index (κ3) is 5.53. The van der Waals surface area contributed by atoms with E-state index in [1.54, 1.807) is 0 Å². The van der Waals surface area contributed by atoms with Crippen LogP contribution in [0.15, 0.2) is 87.5 Å². The molecule has 0 spiro atoms. The lowest BCUT2D eigenvalue weighted by Crippen LogP contribution is -2.09. The van der Waals surface area contributed by atoms with Crippen molar-refractivity contribution < 1.29 is 0 Å². The summed E-state index contributed by atoms with van der Waals surface area (Å²) in [5.41, 5.74) is 3.56. The average Bonchev–Trinajstić information content (AvgIpc) is 2.73. The van der Waals surface area contributed by atoms with Gasteiger partial charge in [0.1, 0.15) is 0 Å². The van der Waals surface area contributed by atoms with Crippen molar-refractivity contribution in [2.45, 2.75) is 35.5 Å². The predicted octanol–water partition coefficient (Wildman–Crippen LogP) is 8.49. The van der Waals surface area contributed by atoms with Gasteiger partial charge < -0.3 is 4.90 Å². The van der Waals surface area contributed by atoms with Crippen molar-refractivity contribution in [3.05, 3.63) is 72.8 Å². The monoisotopic (exact) mass is 425 g/mol. The maximum absolute atomic E-state index is 2.33. The molecule has 146 valence electrons. The Hall–Kier alpha value is -1.49. The Morgan fingerprint density at radius 2 is 0.714 bits per heavy atom. The molecule has 28 heavy (non-hydrogen) atoms. The number of benzene rings is 3. The first kappa shape index (κ1) is 21.2. The van der Waals surface area contributed by atoms with Gasteiger partial charge in [-0.05, 0) is 90.1 Å². The molecule has 0 saturated carbocycles. The van der Waals surface area contributed by atoms with Gasteiger partial charge in [0.2, 0.25) is 0 Å². The van der Waals surface area contributed by atoms with Crippen LogP contribution in [0.2, 0.25) is 0 Å². The Bertz CT molecular complexity index is 725. The Labute approximate surface area is 182 Å². The Kier molecular flexibility index (Phi) is 8.26. The summed E-state index contributed by atoms with van der Waals surface area (Å²) in [7, 11) is 0. The van der Waals surface area contributed by atoms with Crippen LogP contribution in [0.5, 0.6) is 0 Å². The molecule has 0 aromatic heterocycles. The van der Waals surface area contributed by atoms with Gasteiger partial charge in [-0.2, -0.15) is 0 Å². The molecule has 3 aromatic rings. The van der Waals surface area contributed by atoms with E-state index in [0.29, 0.717) is 0 Å². The van der Waals surface area contributed by atoms with Gasteiger partial charge in [0.25, 0.3) is 0 Å². The molecule has 0 N–H and O–H groups in total. The van der Waals surface area contributed by atoms with E-state index in [2.05, 4.69) is 98.5 Å². The third-order valence-electron chi connectivity index (χ3n) is 4.22. The predicted molar refractivity (Wildman–Crippen MR) is 130 cm³/mol. The van der Waals surface area contributed by atoms with E-state index in [4.69, 9.17) is 0 Å². The summed E-state index contributed by atoms with van der Waals surface area (Å²) in [6.07, 6.45) is 0. The zero-order chi connectivity index (χ0) is 19.8. The molecule has 0 heterocycles. The van der Waals surface area contributed by atoms with Crippen LogP contribution in [0.1, 0.15) is 20.8 Å². The highest BCUT2D eigenvalue weighted by atomic mass is 32.2. The Balaban J connectivity index is 1.97. The van der Waals surface area contributed by atoms with Crippen LogP contribution in [0.3, 0.4) is 0 Å². The second-order valence-electron chi connectivity index (χ2n) is 6.12. The highest BCUT2D eigenvalue weighted by Crippen LogP contribution is 2.37. The van der Waals surface area contributed by atoms with E-state index >= 15 is 0 Å². The number of nitrogens with zero attached hydrogens (tertiary/aromatic N) is 1. The van der Waals surface area contributed by atoms with Crippen molar-refractivity contribution in [2.75, 3.05) is 22.2 Å². The zero-order valence-electron chi connectivity index (χ0n) is 16.7. The SMILES string of the molecule is CCSc1ccc(N(c2ccc(SCC)cc2)c2ccc(SCC)cc2)cc1. The molecule has 0 saturated heterocycles. The smallest absolute Gasteiger partial charge is 0.0462 e. The van der Waals surface area contributed by atoms with Gasteiger partial charge in [-0.3, -0.25) is 0 Å². The number of rotatable bonds is 9. The molecule has 0 unspecified atom stereocenters. The van der Waals surface area contributed by atoms with Crippen LogP contribution in [-0.4, -0.2) is 17.3 Å². The van der Waals surface area contributed by atoms with E-state index in [1.165, 1.54) is 31.7 Å². The molecule has 0 bridgehead atoms. The summed E-state index contributed by atoms with van der Waals surface area (Å²) in [5, 5.41) is 0. The molecule has 0 amide bonds. The van der Waals surface area contributed by atoms with Gasteiger partial charge in [-0.15, -0.1) is 35.3 Å². The highest BCUT2D eigenvalue weighted by molar-refractivity contribution is 7.99. The molecule has 1 nitrogen and oxygen atoms in total. The second-order valence-corrected chi connectivity index (χ2v) is 10.1. The summed E-state index contributed by atoms with van der Waals surface area (Å²) in [6, 6.07) is 26.7. The molecule has 4 heteroatoms. The second kappa shape index (κ2) is 10.9. The lowest BCUT2D eigenvalue weighted by molar-refractivity contribution is 1.25. The largest absolute Gasteiger partial charge is 0.311 e. The first-order valence-electron chi connectivity index (χ1n) is 9.73. The van der Waals surface area contributed by atoms with Crippen molar-refractivity contribution >= 4 is 52.3 Å². The minimum atomic E-state index is 1.09.